The zero-order valence-electron chi connectivity index (χ0n) is 10.6. The number of nitrogens with zero attached hydrogens (tertiary/aromatic N) is 1. The van der Waals surface area contributed by atoms with Gasteiger partial charge in [-0.25, -0.2) is 8.42 Å². The van der Waals surface area contributed by atoms with Gasteiger partial charge in [-0.05, 0) is 30.5 Å². The van der Waals surface area contributed by atoms with Gasteiger partial charge in [0.25, 0.3) is 10.0 Å². The van der Waals surface area contributed by atoms with Crippen LogP contribution < -0.4 is 0 Å². The maximum atomic E-state index is 12.5. The Balaban J connectivity index is 2.28. The predicted molar refractivity (Wildman–Crippen MR) is 77.9 cm³/mol. The fraction of sp³-hybridized carbons (Fsp3) is 0.333. The lowest BCUT2D eigenvalue weighted by atomic mass is 10.3. The van der Waals surface area contributed by atoms with Gasteiger partial charge in [0, 0.05) is 16.8 Å². The molecule has 0 aromatic carbocycles. The van der Waals surface area contributed by atoms with Crippen molar-refractivity contribution >= 4 is 32.7 Å². The number of sulfonamides is 1. The number of aliphatic hydroxyl groups excluding tert-OH is 1. The third-order valence-corrected chi connectivity index (χ3v) is 7.43. The summed E-state index contributed by atoms with van der Waals surface area (Å²) in [5, 5.41) is 11.0. The Hall–Kier alpha value is -0.730. The van der Waals surface area contributed by atoms with Gasteiger partial charge in [-0.3, -0.25) is 0 Å². The second-order valence-corrected chi connectivity index (χ2v) is 8.46. The second kappa shape index (κ2) is 5.72. The van der Waals surface area contributed by atoms with Gasteiger partial charge in [0.2, 0.25) is 0 Å². The van der Waals surface area contributed by atoms with Gasteiger partial charge in [0.05, 0.1) is 12.6 Å². The molecule has 2 heterocycles. The van der Waals surface area contributed by atoms with Gasteiger partial charge in [0.1, 0.15) is 4.21 Å². The van der Waals surface area contributed by atoms with Gasteiger partial charge in [-0.15, -0.1) is 22.7 Å². The van der Waals surface area contributed by atoms with E-state index in [0.717, 1.165) is 16.2 Å². The van der Waals surface area contributed by atoms with Gasteiger partial charge >= 0.3 is 0 Å². The highest BCUT2D eigenvalue weighted by Crippen LogP contribution is 2.31. The molecule has 0 fully saturated rings. The molecule has 2 rings (SSSR count). The summed E-state index contributed by atoms with van der Waals surface area (Å²) in [6, 6.07) is 6.82. The van der Waals surface area contributed by atoms with E-state index in [4.69, 9.17) is 5.11 Å². The van der Waals surface area contributed by atoms with E-state index in [1.54, 1.807) is 19.2 Å². The smallest absolute Gasteiger partial charge is 0.252 e. The Morgan fingerprint density at radius 2 is 2.11 bits per heavy atom. The summed E-state index contributed by atoms with van der Waals surface area (Å²) < 4.78 is 26.5. The molecule has 0 bridgehead atoms. The molecular formula is C12H15NO3S3. The lowest BCUT2D eigenvalue weighted by Gasteiger charge is -2.22. The average molecular weight is 317 g/mol. The van der Waals surface area contributed by atoms with Crippen LogP contribution in [-0.2, 0) is 16.6 Å². The fourth-order valence-corrected chi connectivity index (χ4v) is 5.28. The van der Waals surface area contributed by atoms with Crippen molar-refractivity contribution < 1.29 is 13.5 Å². The van der Waals surface area contributed by atoms with Crippen LogP contribution >= 0.6 is 22.7 Å². The van der Waals surface area contributed by atoms with Crippen LogP contribution in [0.1, 0.15) is 22.7 Å². The third kappa shape index (κ3) is 2.90. The number of thiophene rings is 2. The first-order chi connectivity index (χ1) is 8.96. The van der Waals surface area contributed by atoms with Crippen LogP contribution in [0.15, 0.2) is 33.9 Å². The van der Waals surface area contributed by atoms with E-state index in [-0.39, 0.29) is 16.9 Å². The topological polar surface area (TPSA) is 57.6 Å². The van der Waals surface area contributed by atoms with Crippen molar-refractivity contribution in [3.63, 3.8) is 0 Å². The quantitative estimate of drug-likeness (QED) is 0.922. The zero-order valence-corrected chi connectivity index (χ0v) is 13.1. The Morgan fingerprint density at radius 1 is 1.37 bits per heavy atom. The minimum absolute atomic E-state index is 0.135. The van der Waals surface area contributed by atoms with E-state index in [9.17, 15) is 8.42 Å². The lowest BCUT2D eigenvalue weighted by molar-refractivity contribution is 0.285. The summed E-state index contributed by atoms with van der Waals surface area (Å²) >= 11 is 2.64. The predicted octanol–water partition coefficient (Wildman–Crippen LogP) is 2.68. The van der Waals surface area contributed by atoms with Crippen LogP contribution in [0.4, 0.5) is 0 Å². The molecule has 0 aliphatic carbocycles. The summed E-state index contributed by atoms with van der Waals surface area (Å²) in [4.78, 5) is 1.65. The summed E-state index contributed by atoms with van der Waals surface area (Å²) in [7, 11) is -1.92. The molecular weight excluding hydrogens is 302 g/mol. The van der Waals surface area contributed by atoms with E-state index in [1.807, 2.05) is 24.4 Å². The molecule has 7 heteroatoms. The summed E-state index contributed by atoms with van der Waals surface area (Å²) in [6.07, 6.45) is 0. The van der Waals surface area contributed by atoms with Gasteiger partial charge < -0.3 is 5.11 Å². The van der Waals surface area contributed by atoms with Crippen LogP contribution in [0.2, 0.25) is 0 Å². The minimum Gasteiger partial charge on any atom is -0.391 e. The van der Waals surface area contributed by atoms with Crippen molar-refractivity contribution in [2.45, 2.75) is 23.8 Å². The van der Waals surface area contributed by atoms with Crippen molar-refractivity contribution in [3.8, 4) is 0 Å². The highest BCUT2D eigenvalue weighted by atomic mass is 32.2. The Kier molecular flexibility index (Phi) is 4.42. The molecule has 0 spiro atoms. The van der Waals surface area contributed by atoms with Crippen LogP contribution in [-0.4, -0.2) is 24.9 Å². The number of rotatable bonds is 5. The van der Waals surface area contributed by atoms with E-state index in [0.29, 0.717) is 4.88 Å². The second-order valence-electron chi connectivity index (χ2n) is 4.09. The molecule has 0 radical (unpaired) electrons. The Morgan fingerprint density at radius 3 is 2.63 bits per heavy atom. The van der Waals surface area contributed by atoms with E-state index in [1.165, 1.54) is 15.6 Å². The van der Waals surface area contributed by atoms with E-state index >= 15 is 0 Å². The summed E-state index contributed by atoms with van der Waals surface area (Å²) in [5.74, 6) is 0. The molecule has 0 amide bonds. The monoisotopic (exact) mass is 317 g/mol. The molecule has 104 valence electrons. The van der Waals surface area contributed by atoms with Crippen molar-refractivity contribution in [1.82, 2.24) is 4.31 Å². The van der Waals surface area contributed by atoms with Crippen molar-refractivity contribution in [2.75, 3.05) is 7.05 Å². The standard InChI is InChI=1S/C12H15NO3S3/c1-9(11-4-3-7-17-11)13(2)19(15,16)12-6-5-10(8-14)18-12/h3-7,9,14H,8H2,1-2H3. The number of hydrogen-bond donors (Lipinski definition) is 1. The van der Waals surface area contributed by atoms with Crippen molar-refractivity contribution in [2.24, 2.45) is 0 Å². The Labute approximate surface area is 121 Å². The first kappa shape index (κ1) is 14.7. The molecule has 0 aliphatic heterocycles. The normalized spacial score (nSPS) is 13.9. The van der Waals surface area contributed by atoms with Crippen LogP contribution in [0, 0.1) is 0 Å². The summed E-state index contributed by atoms with van der Waals surface area (Å²) in [5.41, 5.74) is 0. The molecule has 2 aromatic heterocycles. The molecule has 0 saturated heterocycles. The first-order valence-electron chi connectivity index (χ1n) is 5.68. The molecule has 4 nitrogen and oxygen atoms in total. The van der Waals surface area contributed by atoms with Gasteiger partial charge in [-0.1, -0.05) is 6.07 Å². The molecule has 2 aromatic rings. The van der Waals surface area contributed by atoms with Crippen LogP contribution in [0.25, 0.3) is 0 Å². The highest BCUT2D eigenvalue weighted by molar-refractivity contribution is 7.91. The molecule has 1 unspecified atom stereocenters. The zero-order chi connectivity index (χ0) is 14.0. The molecule has 1 atom stereocenters. The van der Waals surface area contributed by atoms with Gasteiger partial charge in [-0.2, -0.15) is 4.31 Å². The molecule has 0 aliphatic rings. The summed E-state index contributed by atoms with van der Waals surface area (Å²) in [6.45, 7) is 1.73. The van der Waals surface area contributed by atoms with Crippen molar-refractivity contribution in [3.05, 3.63) is 39.4 Å². The van der Waals surface area contributed by atoms with Crippen molar-refractivity contribution in [1.29, 1.82) is 0 Å². The maximum Gasteiger partial charge on any atom is 0.252 e. The van der Waals surface area contributed by atoms with Gasteiger partial charge in [0.15, 0.2) is 0 Å². The van der Waals surface area contributed by atoms with Crippen LogP contribution in [0.3, 0.4) is 0 Å². The first-order valence-corrected chi connectivity index (χ1v) is 8.81. The fourth-order valence-electron chi connectivity index (χ4n) is 1.64. The number of hydrogen-bond acceptors (Lipinski definition) is 5. The Bertz CT molecular complexity index is 631. The third-order valence-electron chi connectivity index (χ3n) is 2.93. The van der Waals surface area contributed by atoms with E-state index in [2.05, 4.69) is 0 Å². The lowest BCUT2D eigenvalue weighted by Crippen LogP contribution is -2.28. The largest absolute Gasteiger partial charge is 0.391 e. The molecule has 1 N–H and O–H groups in total. The number of aliphatic hydroxyl groups is 1. The SMILES string of the molecule is CC(c1cccs1)N(C)S(=O)(=O)c1ccc(CO)s1. The average Bonchev–Trinajstić information content (AvgIpc) is 3.07. The van der Waals surface area contributed by atoms with E-state index < -0.39 is 10.0 Å². The maximum absolute atomic E-state index is 12.5. The van der Waals surface area contributed by atoms with Crippen LogP contribution in [0.5, 0.6) is 0 Å². The highest BCUT2D eigenvalue weighted by Gasteiger charge is 2.28. The molecule has 19 heavy (non-hydrogen) atoms. The molecule has 0 saturated carbocycles. The minimum atomic E-state index is -3.51.